The standard InChI is InChI=1S/C12H16FIN2/c1-12(2,7-3-4-7)16-11-5-8(13)9(14)6-10(11)15/h5-7,16H,3-4,15H2,1-2H3. The van der Waals surface area contributed by atoms with E-state index in [9.17, 15) is 4.39 Å². The van der Waals surface area contributed by atoms with Crippen LogP contribution >= 0.6 is 22.6 Å². The summed E-state index contributed by atoms with van der Waals surface area (Å²) in [6.45, 7) is 4.28. The third kappa shape index (κ3) is 2.42. The minimum absolute atomic E-state index is 0.00660. The molecule has 0 radical (unpaired) electrons. The SMILES string of the molecule is CC(C)(Nc1cc(F)c(I)cc1N)C1CC1. The molecule has 4 heteroatoms. The predicted octanol–water partition coefficient (Wildman–Crippen LogP) is 3.61. The topological polar surface area (TPSA) is 38.0 Å². The van der Waals surface area contributed by atoms with Gasteiger partial charge < -0.3 is 11.1 Å². The summed E-state index contributed by atoms with van der Waals surface area (Å²) in [6.07, 6.45) is 2.49. The molecule has 1 aliphatic rings. The smallest absolute Gasteiger partial charge is 0.138 e. The number of anilines is 2. The minimum Gasteiger partial charge on any atom is -0.397 e. The number of hydrogen-bond donors (Lipinski definition) is 2. The van der Waals surface area contributed by atoms with Crippen molar-refractivity contribution in [1.82, 2.24) is 0 Å². The summed E-state index contributed by atoms with van der Waals surface area (Å²) in [6, 6.07) is 3.16. The Morgan fingerprint density at radius 1 is 1.44 bits per heavy atom. The Labute approximate surface area is 109 Å². The molecule has 1 fully saturated rings. The summed E-state index contributed by atoms with van der Waals surface area (Å²) in [5.74, 6) is 0.457. The van der Waals surface area contributed by atoms with E-state index < -0.39 is 0 Å². The number of hydrogen-bond acceptors (Lipinski definition) is 2. The van der Waals surface area contributed by atoms with Crippen molar-refractivity contribution in [3.63, 3.8) is 0 Å². The van der Waals surface area contributed by atoms with Crippen LogP contribution in [0.3, 0.4) is 0 Å². The summed E-state index contributed by atoms with van der Waals surface area (Å²) in [4.78, 5) is 0. The monoisotopic (exact) mass is 334 g/mol. The van der Waals surface area contributed by atoms with Crippen molar-refractivity contribution >= 4 is 34.0 Å². The highest BCUT2D eigenvalue weighted by atomic mass is 127. The van der Waals surface area contributed by atoms with Crippen LogP contribution in [0, 0.1) is 15.3 Å². The quantitative estimate of drug-likeness (QED) is 0.655. The van der Waals surface area contributed by atoms with Crippen molar-refractivity contribution in [3.05, 3.63) is 21.5 Å². The maximum absolute atomic E-state index is 13.4. The zero-order valence-corrected chi connectivity index (χ0v) is 11.6. The van der Waals surface area contributed by atoms with Crippen LogP contribution in [0.5, 0.6) is 0 Å². The molecular formula is C12H16FIN2. The van der Waals surface area contributed by atoms with Crippen LogP contribution in [0.25, 0.3) is 0 Å². The molecule has 1 aromatic carbocycles. The average Bonchev–Trinajstić information content (AvgIpc) is 2.96. The number of rotatable bonds is 3. The fourth-order valence-electron chi connectivity index (χ4n) is 1.92. The van der Waals surface area contributed by atoms with Gasteiger partial charge in [0.05, 0.1) is 14.9 Å². The lowest BCUT2D eigenvalue weighted by Crippen LogP contribution is -2.33. The number of nitrogens with two attached hydrogens (primary N) is 1. The Bertz CT molecular complexity index is 414. The van der Waals surface area contributed by atoms with Gasteiger partial charge >= 0.3 is 0 Å². The molecule has 0 aromatic heterocycles. The Balaban J connectivity index is 2.23. The van der Waals surface area contributed by atoms with Gasteiger partial charge in [0.1, 0.15) is 5.82 Å². The predicted molar refractivity (Wildman–Crippen MR) is 74.0 cm³/mol. The first-order valence-electron chi connectivity index (χ1n) is 5.43. The van der Waals surface area contributed by atoms with Crippen LogP contribution in [0.2, 0.25) is 0 Å². The largest absolute Gasteiger partial charge is 0.397 e. The first-order valence-corrected chi connectivity index (χ1v) is 6.51. The third-order valence-corrected chi connectivity index (χ3v) is 3.97. The Morgan fingerprint density at radius 2 is 2.06 bits per heavy atom. The Kier molecular flexibility index (Phi) is 3.03. The molecule has 1 aromatic rings. The summed E-state index contributed by atoms with van der Waals surface area (Å²) < 4.78 is 14.0. The van der Waals surface area contributed by atoms with E-state index in [2.05, 4.69) is 19.2 Å². The van der Waals surface area contributed by atoms with Crippen molar-refractivity contribution in [2.45, 2.75) is 32.2 Å². The average molecular weight is 334 g/mol. The van der Waals surface area contributed by atoms with Gasteiger partial charge in [-0.1, -0.05) is 0 Å². The number of benzene rings is 1. The number of halogens is 2. The highest BCUT2D eigenvalue weighted by Crippen LogP contribution is 2.42. The molecule has 16 heavy (non-hydrogen) atoms. The summed E-state index contributed by atoms with van der Waals surface area (Å²) in [7, 11) is 0. The molecule has 0 amide bonds. The molecule has 1 saturated carbocycles. The van der Waals surface area contributed by atoms with E-state index in [1.807, 2.05) is 22.6 Å². The van der Waals surface area contributed by atoms with Gasteiger partial charge in [-0.05, 0) is 61.3 Å². The van der Waals surface area contributed by atoms with Gasteiger partial charge in [-0.15, -0.1) is 0 Å². The lowest BCUT2D eigenvalue weighted by Gasteiger charge is -2.28. The first kappa shape index (κ1) is 12.0. The minimum atomic E-state index is -0.219. The van der Waals surface area contributed by atoms with Crippen LogP contribution in [0.15, 0.2) is 12.1 Å². The first-order chi connectivity index (χ1) is 7.40. The van der Waals surface area contributed by atoms with Gasteiger partial charge in [-0.3, -0.25) is 0 Å². The fraction of sp³-hybridized carbons (Fsp3) is 0.500. The Hall–Kier alpha value is -0.520. The molecule has 2 rings (SSSR count). The second-order valence-corrected chi connectivity index (χ2v) is 6.14. The van der Waals surface area contributed by atoms with Crippen molar-refractivity contribution < 1.29 is 4.39 Å². The number of nitrogen functional groups attached to an aromatic ring is 1. The lowest BCUT2D eigenvalue weighted by atomic mass is 9.98. The zero-order chi connectivity index (χ0) is 11.9. The molecule has 0 bridgehead atoms. The van der Waals surface area contributed by atoms with Gasteiger partial charge in [0, 0.05) is 11.6 Å². The van der Waals surface area contributed by atoms with E-state index in [-0.39, 0.29) is 11.4 Å². The maximum Gasteiger partial charge on any atom is 0.138 e. The van der Waals surface area contributed by atoms with Crippen LogP contribution in [-0.2, 0) is 0 Å². The van der Waals surface area contributed by atoms with Crippen molar-refractivity contribution in [1.29, 1.82) is 0 Å². The zero-order valence-electron chi connectivity index (χ0n) is 9.48. The van der Waals surface area contributed by atoms with Gasteiger partial charge in [0.15, 0.2) is 0 Å². The number of nitrogens with one attached hydrogen (secondary N) is 1. The molecule has 0 atom stereocenters. The van der Waals surface area contributed by atoms with Gasteiger partial charge in [-0.2, -0.15) is 0 Å². The van der Waals surface area contributed by atoms with Gasteiger partial charge in [0.25, 0.3) is 0 Å². The molecule has 0 aliphatic heterocycles. The van der Waals surface area contributed by atoms with E-state index in [0.717, 1.165) is 0 Å². The van der Waals surface area contributed by atoms with E-state index in [1.54, 1.807) is 6.07 Å². The molecule has 2 nitrogen and oxygen atoms in total. The van der Waals surface area contributed by atoms with E-state index >= 15 is 0 Å². The normalized spacial score (nSPS) is 16.2. The second-order valence-electron chi connectivity index (χ2n) is 4.97. The van der Waals surface area contributed by atoms with Gasteiger partial charge in [0.2, 0.25) is 0 Å². The van der Waals surface area contributed by atoms with E-state index in [4.69, 9.17) is 5.73 Å². The van der Waals surface area contributed by atoms with Crippen LogP contribution < -0.4 is 11.1 Å². The maximum atomic E-state index is 13.4. The molecule has 0 unspecified atom stereocenters. The molecule has 1 aliphatic carbocycles. The third-order valence-electron chi connectivity index (χ3n) is 3.15. The molecular weight excluding hydrogens is 318 g/mol. The van der Waals surface area contributed by atoms with Crippen LogP contribution in [0.4, 0.5) is 15.8 Å². The summed E-state index contributed by atoms with van der Waals surface area (Å²) >= 11 is 1.95. The molecule has 0 saturated heterocycles. The van der Waals surface area contributed by atoms with Crippen LogP contribution in [0.1, 0.15) is 26.7 Å². The highest BCUT2D eigenvalue weighted by Gasteiger charge is 2.37. The van der Waals surface area contributed by atoms with E-state index in [0.29, 0.717) is 20.9 Å². The lowest BCUT2D eigenvalue weighted by molar-refractivity contribution is 0.494. The fourth-order valence-corrected chi connectivity index (χ4v) is 2.42. The van der Waals surface area contributed by atoms with E-state index in [1.165, 1.54) is 18.9 Å². The van der Waals surface area contributed by atoms with Crippen molar-refractivity contribution in [2.24, 2.45) is 5.92 Å². The highest BCUT2D eigenvalue weighted by molar-refractivity contribution is 14.1. The molecule has 88 valence electrons. The summed E-state index contributed by atoms with van der Waals surface area (Å²) in [5, 5.41) is 3.35. The van der Waals surface area contributed by atoms with Gasteiger partial charge in [-0.25, -0.2) is 4.39 Å². The van der Waals surface area contributed by atoms with Crippen molar-refractivity contribution in [2.75, 3.05) is 11.1 Å². The molecule has 0 heterocycles. The molecule has 0 spiro atoms. The Morgan fingerprint density at radius 3 is 2.62 bits per heavy atom. The summed E-state index contributed by atoms with van der Waals surface area (Å²) in [5.41, 5.74) is 7.19. The van der Waals surface area contributed by atoms with Crippen molar-refractivity contribution in [3.8, 4) is 0 Å². The van der Waals surface area contributed by atoms with Crippen LogP contribution in [-0.4, -0.2) is 5.54 Å². The molecule has 3 N–H and O–H groups in total. The second kappa shape index (κ2) is 4.05.